The number of allylic oxidation sites excluding steroid dienone is 3. The van der Waals surface area contributed by atoms with Gasteiger partial charge in [0.2, 0.25) is 0 Å². The average molecular weight is 231 g/mol. The highest BCUT2D eigenvalue weighted by atomic mass is 15.1. The molecule has 0 heterocycles. The molecule has 0 aromatic rings. The molecule has 1 atom stereocenters. The third-order valence-electron chi connectivity index (χ3n) is 2.45. The van der Waals surface area contributed by atoms with Gasteiger partial charge in [0.05, 0.1) is 0 Å². The minimum Gasteiger partial charge on any atom is -0.375 e. The highest BCUT2D eigenvalue weighted by molar-refractivity contribution is 5.16. The van der Waals surface area contributed by atoms with E-state index in [1.807, 2.05) is 12.2 Å². The van der Waals surface area contributed by atoms with E-state index in [0.717, 1.165) is 31.5 Å². The normalized spacial score (nSPS) is 11.7. The lowest BCUT2D eigenvalue weighted by Gasteiger charge is -2.17. The van der Waals surface area contributed by atoms with Gasteiger partial charge >= 0.3 is 0 Å². The van der Waals surface area contributed by atoms with Crippen molar-refractivity contribution in [2.75, 3.05) is 13.6 Å². The number of nitrogens with zero attached hydrogens (tertiary/aromatic N) is 1. The Balaban J connectivity index is 3.94. The van der Waals surface area contributed by atoms with E-state index in [1.165, 1.54) is 0 Å². The van der Waals surface area contributed by atoms with Gasteiger partial charge in [-0.15, -0.1) is 6.58 Å². The Morgan fingerprint density at radius 2 is 2.18 bits per heavy atom. The fourth-order valence-corrected chi connectivity index (χ4v) is 1.40. The molecule has 0 aliphatic rings. The van der Waals surface area contributed by atoms with Gasteiger partial charge in [-0.3, -0.25) is 0 Å². The molecule has 0 bridgehead atoms. The van der Waals surface area contributed by atoms with Gasteiger partial charge in [0, 0.05) is 31.6 Å². The minimum absolute atomic E-state index is 0.409. The van der Waals surface area contributed by atoms with Crippen LogP contribution in [0.25, 0.3) is 0 Å². The Morgan fingerprint density at radius 1 is 1.47 bits per heavy atom. The van der Waals surface area contributed by atoms with E-state index in [1.54, 1.807) is 0 Å². The lowest BCUT2D eigenvalue weighted by Crippen LogP contribution is -2.16. The lowest BCUT2D eigenvalue weighted by molar-refractivity contribution is 0.431. The average Bonchev–Trinajstić information content (AvgIpc) is 2.29. The minimum atomic E-state index is 0.409. The fourth-order valence-electron chi connectivity index (χ4n) is 1.40. The largest absolute Gasteiger partial charge is 0.375 e. The van der Waals surface area contributed by atoms with E-state index in [0.29, 0.717) is 5.92 Å². The van der Waals surface area contributed by atoms with Crippen LogP contribution in [0.15, 0.2) is 37.1 Å². The number of rotatable bonds is 7. The number of hydrogen-bond donors (Lipinski definition) is 0. The molecule has 0 aliphatic heterocycles. The van der Waals surface area contributed by atoms with Crippen LogP contribution >= 0.6 is 0 Å². The van der Waals surface area contributed by atoms with Gasteiger partial charge in [0.15, 0.2) is 0 Å². The molecule has 17 heavy (non-hydrogen) atoms. The first kappa shape index (κ1) is 15.6. The van der Waals surface area contributed by atoms with Crippen molar-refractivity contribution in [1.29, 1.82) is 0 Å². The summed E-state index contributed by atoms with van der Waals surface area (Å²) >= 11 is 0. The molecule has 0 radical (unpaired) electrons. The van der Waals surface area contributed by atoms with Gasteiger partial charge in [-0.2, -0.15) is 0 Å². The Hall–Kier alpha value is -1.42. The SMILES string of the molecule is C=CCC(C)C#CC/C=C\C(=C)N(C)CCC. The number of likely N-dealkylation sites (N-methyl/N-ethyl adjacent to an activating group) is 1. The van der Waals surface area contributed by atoms with Gasteiger partial charge in [-0.1, -0.05) is 44.4 Å². The summed E-state index contributed by atoms with van der Waals surface area (Å²) < 4.78 is 0. The van der Waals surface area contributed by atoms with Crippen LogP contribution in [-0.2, 0) is 0 Å². The van der Waals surface area contributed by atoms with E-state index < -0.39 is 0 Å². The highest BCUT2D eigenvalue weighted by Crippen LogP contribution is 2.02. The molecule has 0 spiro atoms. The molecule has 1 nitrogen and oxygen atoms in total. The van der Waals surface area contributed by atoms with Crippen LogP contribution in [-0.4, -0.2) is 18.5 Å². The van der Waals surface area contributed by atoms with Crippen molar-refractivity contribution in [2.24, 2.45) is 5.92 Å². The van der Waals surface area contributed by atoms with Crippen LogP contribution in [0.2, 0.25) is 0 Å². The molecule has 0 aliphatic carbocycles. The fraction of sp³-hybridized carbons (Fsp3) is 0.500. The summed E-state index contributed by atoms with van der Waals surface area (Å²) in [5, 5.41) is 0. The third kappa shape index (κ3) is 8.39. The van der Waals surface area contributed by atoms with Gasteiger partial charge in [0.1, 0.15) is 0 Å². The van der Waals surface area contributed by atoms with Crippen LogP contribution in [0.5, 0.6) is 0 Å². The lowest BCUT2D eigenvalue weighted by atomic mass is 10.1. The molecule has 0 N–H and O–H groups in total. The molecule has 0 aromatic carbocycles. The smallest absolute Gasteiger partial charge is 0.0287 e. The molecule has 94 valence electrons. The van der Waals surface area contributed by atoms with E-state index in [-0.39, 0.29) is 0 Å². The van der Waals surface area contributed by atoms with Crippen molar-refractivity contribution < 1.29 is 0 Å². The highest BCUT2D eigenvalue weighted by Gasteiger charge is 1.94. The molecule has 0 aromatic heterocycles. The molecular weight excluding hydrogens is 206 g/mol. The quantitative estimate of drug-likeness (QED) is 0.363. The van der Waals surface area contributed by atoms with Gasteiger partial charge in [0.25, 0.3) is 0 Å². The zero-order valence-corrected chi connectivity index (χ0v) is 11.5. The second kappa shape index (κ2) is 9.78. The molecule has 0 rings (SSSR count). The van der Waals surface area contributed by atoms with Crippen molar-refractivity contribution in [1.82, 2.24) is 4.90 Å². The molecule has 0 amide bonds. The zero-order valence-electron chi connectivity index (χ0n) is 11.5. The first-order valence-electron chi connectivity index (χ1n) is 6.27. The van der Waals surface area contributed by atoms with Gasteiger partial charge < -0.3 is 4.90 Å². The summed E-state index contributed by atoms with van der Waals surface area (Å²) in [6.07, 6.45) is 8.92. The van der Waals surface area contributed by atoms with E-state index >= 15 is 0 Å². The molecule has 0 saturated carbocycles. The molecular formula is C16H25N. The van der Waals surface area contributed by atoms with E-state index in [9.17, 15) is 0 Å². The second-order valence-electron chi connectivity index (χ2n) is 4.27. The predicted octanol–water partition coefficient (Wildman–Crippen LogP) is 4.00. The van der Waals surface area contributed by atoms with Crippen molar-refractivity contribution in [3.63, 3.8) is 0 Å². The van der Waals surface area contributed by atoms with E-state index in [2.05, 4.69) is 56.9 Å². The Kier molecular flexibility index (Phi) is 8.96. The van der Waals surface area contributed by atoms with Crippen molar-refractivity contribution >= 4 is 0 Å². The Bertz CT molecular complexity index is 314. The standard InChI is InChI=1S/C16H25N/c1-6-11-15(3)12-9-8-10-13-16(4)17(5)14-7-2/h6,10,13,15H,1,4,7-8,11,14H2,2-3,5H3/b13-10-. The zero-order chi connectivity index (χ0) is 13.1. The summed E-state index contributed by atoms with van der Waals surface area (Å²) in [5.74, 6) is 6.76. The molecule has 0 saturated heterocycles. The van der Waals surface area contributed by atoms with Crippen LogP contribution in [0, 0.1) is 17.8 Å². The monoisotopic (exact) mass is 231 g/mol. The van der Waals surface area contributed by atoms with E-state index in [4.69, 9.17) is 0 Å². The summed E-state index contributed by atoms with van der Waals surface area (Å²) in [6.45, 7) is 13.1. The van der Waals surface area contributed by atoms with Crippen molar-refractivity contribution in [3.8, 4) is 11.8 Å². The maximum Gasteiger partial charge on any atom is 0.0287 e. The first-order valence-corrected chi connectivity index (χ1v) is 6.27. The topological polar surface area (TPSA) is 3.24 Å². The molecule has 0 fully saturated rings. The summed E-state index contributed by atoms with van der Waals surface area (Å²) in [4.78, 5) is 2.16. The maximum atomic E-state index is 4.01. The van der Waals surface area contributed by atoms with Crippen molar-refractivity contribution in [3.05, 3.63) is 37.1 Å². The predicted molar refractivity (Wildman–Crippen MR) is 77.6 cm³/mol. The van der Waals surface area contributed by atoms with Crippen LogP contribution in [0.4, 0.5) is 0 Å². The van der Waals surface area contributed by atoms with Gasteiger partial charge in [-0.25, -0.2) is 0 Å². The summed E-state index contributed by atoms with van der Waals surface area (Å²) in [6, 6.07) is 0. The maximum absolute atomic E-state index is 4.01. The first-order chi connectivity index (χ1) is 8.11. The third-order valence-corrected chi connectivity index (χ3v) is 2.45. The van der Waals surface area contributed by atoms with Crippen LogP contribution in [0.3, 0.4) is 0 Å². The molecule has 1 unspecified atom stereocenters. The Morgan fingerprint density at radius 3 is 2.76 bits per heavy atom. The second-order valence-corrected chi connectivity index (χ2v) is 4.27. The summed E-state index contributed by atoms with van der Waals surface area (Å²) in [5.41, 5.74) is 1.05. The summed E-state index contributed by atoms with van der Waals surface area (Å²) in [7, 11) is 2.06. The Labute approximate surface area is 107 Å². The number of hydrogen-bond acceptors (Lipinski definition) is 1. The van der Waals surface area contributed by atoms with Crippen LogP contribution in [0.1, 0.15) is 33.1 Å². The van der Waals surface area contributed by atoms with Crippen LogP contribution < -0.4 is 0 Å². The van der Waals surface area contributed by atoms with Crippen molar-refractivity contribution in [2.45, 2.75) is 33.1 Å². The molecule has 1 heteroatoms. The van der Waals surface area contributed by atoms with Gasteiger partial charge in [-0.05, 0) is 18.9 Å².